The summed E-state index contributed by atoms with van der Waals surface area (Å²) in [6, 6.07) is 5.87. The number of hydrogen-bond acceptors (Lipinski definition) is 5. The lowest BCUT2D eigenvalue weighted by Crippen LogP contribution is -2.49. The first-order valence-corrected chi connectivity index (χ1v) is 10.7. The van der Waals surface area contributed by atoms with Crippen LogP contribution in [0.4, 0.5) is 10.2 Å². The molecule has 1 spiro atoms. The number of amides is 1. The topological polar surface area (TPSA) is 94.1 Å². The molecule has 1 saturated heterocycles. The van der Waals surface area contributed by atoms with Gasteiger partial charge in [-0.05, 0) is 60.9 Å². The van der Waals surface area contributed by atoms with Crippen LogP contribution in [0.1, 0.15) is 36.4 Å². The van der Waals surface area contributed by atoms with Crippen LogP contribution in [0.2, 0.25) is 0 Å². The molecule has 1 amide bonds. The minimum Gasteiger partial charge on any atom is -0.394 e. The molecule has 2 atom stereocenters. The van der Waals surface area contributed by atoms with E-state index in [9.17, 15) is 14.3 Å². The Balaban J connectivity index is 1.33. The van der Waals surface area contributed by atoms with Crippen LogP contribution in [0.15, 0.2) is 36.8 Å². The average molecular weight is 423 g/mol. The van der Waals surface area contributed by atoms with Crippen molar-refractivity contribution < 1.29 is 14.3 Å². The molecule has 1 aliphatic carbocycles. The number of nitrogens with one attached hydrogen (secondary N) is 2. The molecule has 1 aliphatic heterocycles. The number of aryl methyl sites for hydroxylation is 1. The fraction of sp³-hybridized carbons (Fsp3) is 0.435. The quantitative estimate of drug-likeness (QED) is 0.587. The number of aromatic amines is 1. The first-order chi connectivity index (χ1) is 15.0. The summed E-state index contributed by atoms with van der Waals surface area (Å²) in [4.78, 5) is 27.4. The molecule has 162 valence electrons. The zero-order valence-corrected chi connectivity index (χ0v) is 17.4. The molecule has 5 rings (SSSR count). The van der Waals surface area contributed by atoms with E-state index in [-0.39, 0.29) is 29.7 Å². The number of fused-ring (bicyclic) bond motifs is 1. The van der Waals surface area contributed by atoms with Gasteiger partial charge in [-0.2, -0.15) is 0 Å². The molecule has 0 unspecified atom stereocenters. The molecular formula is C23H26FN5O2. The summed E-state index contributed by atoms with van der Waals surface area (Å²) in [5.74, 6) is 0.442. The summed E-state index contributed by atoms with van der Waals surface area (Å²) in [5, 5.41) is 13.9. The van der Waals surface area contributed by atoms with E-state index in [2.05, 4.69) is 25.2 Å². The Morgan fingerprint density at radius 1 is 1.39 bits per heavy atom. The Kier molecular flexibility index (Phi) is 4.89. The van der Waals surface area contributed by atoms with E-state index in [1.54, 1.807) is 19.3 Å². The van der Waals surface area contributed by atoms with Crippen molar-refractivity contribution in [2.24, 2.45) is 11.3 Å². The van der Waals surface area contributed by atoms with Gasteiger partial charge in [0.25, 0.3) is 0 Å². The summed E-state index contributed by atoms with van der Waals surface area (Å²) >= 11 is 0. The number of piperidine rings is 1. The number of hydrogen-bond donors (Lipinski definition) is 3. The number of aliphatic hydroxyl groups is 1. The second-order valence-electron chi connectivity index (χ2n) is 8.81. The number of carbonyl (C=O) groups is 1. The predicted octanol–water partition coefficient (Wildman–Crippen LogP) is 2.86. The Hall–Kier alpha value is -3.00. The van der Waals surface area contributed by atoms with Gasteiger partial charge in [-0.3, -0.25) is 4.79 Å². The van der Waals surface area contributed by atoms with Gasteiger partial charge in [0.1, 0.15) is 23.6 Å². The lowest BCUT2D eigenvalue weighted by atomic mass is 9.81. The summed E-state index contributed by atoms with van der Waals surface area (Å²) in [6.07, 6.45) is 6.17. The van der Waals surface area contributed by atoms with Crippen molar-refractivity contribution in [2.45, 2.75) is 32.2 Å². The fourth-order valence-electron chi connectivity index (χ4n) is 5.05. The molecule has 2 fully saturated rings. The molecule has 3 N–H and O–H groups in total. The Morgan fingerprint density at radius 3 is 2.97 bits per heavy atom. The monoisotopic (exact) mass is 423 g/mol. The molecule has 8 heteroatoms. The molecule has 1 aromatic carbocycles. The van der Waals surface area contributed by atoms with Gasteiger partial charge >= 0.3 is 0 Å². The summed E-state index contributed by atoms with van der Waals surface area (Å²) in [5.41, 5.74) is 2.22. The van der Waals surface area contributed by atoms with Gasteiger partial charge in [0.2, 0.25) is 5.91 Å². The van der Waals surface area contributed by atoms with E-state index in [1.807, 2.05) is 12.3 Å². The van der Waals surface area contributed by atoms with Crippen molar-refractivity contribution in [1.29, 1.82) is 0 Å². The molecule has 2 aromatic heterocycles. The number of H-pyrrole nitrogens is 1. The van der Waals surface area contributed by atoms with Gasteiger partial charge in [-0.15, -0.1) is 0 Å². The van der Waals surface area contributed by atoms with E-state index in [0.717, 1.165) is 60.3 Å². The minimum atomic E-state index is -0.539. The number of aliphatic hydroxyl groups excluding tert-OH is 1. The largest absolute Gasteiger partial charge is 0.394 e. The highest BCUT2D eigenvalue weighted by molar-refractivity contribution is 5.88. The number of carbonyl (C=O) groups excluding carboxylic acids is 1. The zero-order valence-electron chi connectivity index (χ0n) is 17.4. The summed E-state index contributed by atoms with van der Waals surface area (Å²) < 4.78 is 13.5. The Bertz CT molecular complexity index is 1130. The lowest BCUT2D eigenvalue weighted by Gasteiger charge is -2.39. The van der Waals surface area contributed by atoms with Crippen LogP contribution in [0, 0.1) is 24.1 Å². The third kappa shape index (κ3) is 3.54. The van der Waals surface area contributed by atoms with Crippen molar-refractivity contribution in [2.75, 3.05) is 24.6 Å². The van der Waals surface area contributed by atoms with Crippen LogP contribution >= 0.6 is 0 Å². The first-order valence-electron chi connectivity index (χ1n) is 10.7. The number of anilines is 1. The maximum absolute atomic E-state index is 13.5. The van der Waals surface area contributed by atoms with Crippen LogP contribution in [0.5, 0.6) is 0 Å². The molecule has 0 radical (unpaired) electrons. The van der Waals surface area contributed by atoms with Gasteiger partial charge < -0.3 is 20.3 Å². The molecule has 0 bridgehead atoms. The second kappa shape index (κ2) is 7.60. The number of benzene rings is 1. The molecular weight excluding hydrogens is 397 g/mol. The summed E-state index contributed by atoms with van der Waals surface area (Å²) in [7, 11) is 0. The van der Waals surface area contributed by atoms with Gasteiger partial charge in [-0.25, -0.2) is 14.4 Å². The SMILES string of the molecule is Cc1cc(F)ccc1[C@H](CO)NC(=O)[C@H]1CCN(c2ncnc3[nH]ccc23)CC12CC2. The smallest absolute Gasteiger partial charge is 0.224 e. The van der Waals surface area contributed by atoms with Gasteiger partial charge in [-0.1, -0.05) is 6.07 Å². The van der Waals surface area contributed by atoms with Gasteiger partial charge in [0.15, 0.2) is 0 Å². The number of aromatic nitrogens is 3. The van der Waals surface area contributed by atoms with E-state index >= 15 is 0 Å². The third-order valence-electron chi connectivity index (χ3n) is 6.88. The van der Waals surface area contributed by atoms with Crippen molar-refractivity contribution in [3.05, 3.63) is 53.7 Å². The lowest BCUT2D eigenvalue weighted by molar-refractivity contribution is -0.129. The number of nitrogens with zero attached hydrogens (tertiary/aromatic N) is 3. The van der Waals surface area contributed by atoms with Crippen LogP contribution in [0.3, 0.4) is 0 Å². The second-order valence-corrected chi connectivity index (χ2v) is 8.81. The minimum absolute atomic E-state index is 0.0330. The van der Waals surface area contributed by atoms with Gasteiger partial charge in [0.05, 0.1) is 18.0 Å². The molecule has 1 saturated carbocycles. The molecule has 2 aliphatic rings. The number of halogens is 1. The van der Waals surface area contributed by atoms with E-state index in [1.165, 1.54) is 12.1 Å². The molecule has 3 heterocycles. The first kappa shape index (κ1) is 19.9. The van der Waals surface area contributed by atoms with Crippen LogP contribution in [-0.4, -0.2) is 45.7 Å². The third-order valence-corrected chi connectivity index (χ3v) is 6.88. The average Bonchev–Trinajstić information content (AvgIpc) is 3.33. The van der Waals surface area contributed by atoms with Crippen molar-refractivity contribution in [3.8, 4) is 0 Å². The van der Waals surface area contributed by atoms with Crippen LogP contribution in [-0.2, 0) is 4.79 Å². The van der Waals surface area contributed by atoms with Crippen LogP contribution in [0.25, 0.3) is 11.0 Å². The molecule has 3 aromatic rings. The Labute approximate surface area is 179 Å². The molecule has 7 nitrogen and oxygen atoms in total. The van der Waals surface area contributed by atoms with Crippen molar-refractivity contribution >= 4 is 22.8 Å². The highest BCUT2D eigenvalue weighted by atomic mass is 19.1. The maximum Gasteiger partial charge on any atom is 0.224 e. The van der Waals surface area contributed by atoms with Gasteiger partial charge in [0, 0.05) is 25.2 Å². The van der Waals surface area contributed by atoms with Crippen LogP contribution < -0.4 is 10.2 Å². The predicted molar refractivity (Wildman–Crippen MR) is 115 cm³/mol. The normalized spacial score (nSPS) is 20.7. The standard InChI is InChI=1S/C23H26FN5O2/c1-14-10-15(24)2-3-16(14)19(11-30)28-22(31)18-5-9-29(12-23(18)6-7-23)21-17-4-8-25-20(17)26-13-27-21/h2-4,8,10,13,18-19,30H,5-7,9,11-12H2,1H3,(H,28,31)(H,25,26,27)/t18-,19+/m1/s1. The van der Waals surface area contributed by atoms with E-state index in [4.69, 9.17) is 0 Å². The highest BCUT2D eigenvalue weighted by Crippen LogP contribution is 2.56. The molecule has 31 heavy (non-hydrogen) atoms. The van der Waals surface area contributed by atoms with Crippen molar-refractivity contribution in [3.63, 3.8) is 0 Å². The zero-order chi connectivity index (χ0) is 21.6. The fourth-order valence-corrected chi connectivity index (χ4v) is 5.05. The Morgan fingerprint density at radius 2 is 2.23 bits per heavy atom. The van der Waals surface area contributed by atoms with E-state index < -0.39 is 6.04 Å². The number of rotatable bonds is 5. The highest BCUT2D eigenvalue weighted by Gasteiger charge is 2.55. The van der Waals surface area contributed by atoms with E-state index in [0.29, 0.717) is 0 Å². The maximum atomic E-state index is 13.5. The summed E-state index contributed by atoms with van der Waals surface area (Å²) in [6.45, 7) is 3.08. The van der Waals surface area contributed by atoms with Crippen molar-refractivity contribution in [1.82, 2.24) is 20.3 Å².